The first-order valence-electron chi connectivity index (χ1n) is 8.85. The Morgan fingerprint density at radius 2 is 1.77 bits per heavy atom. The quantitative estimate of drug-likeness (QED) is 0.739. The van der Waals surface area contributed by atoms with Gasteiger partial charge in [0.1, 0.15) is 12.4 Å². The molecule has 0 aromatic heterocycles. The number of carbonyl (C=O) groups is 2. The van der Waals surface area contributed by atoms with E-state index in [1.807, 2.05) is 49.4 Å². The van der Waals surface area contributed by atoms with Gasteiger partial charge < -0.3 is 14.8 Å². The van der Waals surface area contributed by atoms with Gasteiger partial charge in [0.05, 0.1) is 5.56 Å². The van der Waals surface area contributed by atoms with Crippen LogP contribution in [0.15, 0.2) is 54.6 Å². The van der Waals surface area contributed by atoms with Crippen molar-refractivity contribution < 1.29 is 19.1 Å². The molecule has 1 saturated carbocycles. The Labute approximate surface area is 153 Å². The summed E-state index contributed by atoms with van der Waals surface area (Å²) >= 11 is 0. The predicted octanol–water partition coefficient (Wildman–Crippen LogP) is 3.34. The van der Waals surface area contributed by atoms with E-state index in [1.165, 1.54) is 0 Å². The van der Waals surface area contributed by atoms with Gasteiger partial charge in [-0.15, -0.1) is 0 Å². The lowest BCUT2D eigenvalue weighted by Gasteiger charge is -2.14. The Bertz CT molecular complexity index is 756. The van der Waals surface area contributed by atoms with Crippen LogP contribution in [0, 0.1) is 5.92 Å². The number of ether oxygens (including phenoxy) is 2. The summed E-state index contributed by atoms with van der Waals surface area (Å²) in [5.74, 6) is 0.497. The fourth-order valence-corrected chi connectivity index (χ4v) is 2.74. The number of para-hydroxylation sites is 1. The van der Waals surface area contributed by atoms with Crippen LogP contribution in [0.1, 0.15) is 35.7 Å². The maximum atomic E-state index is 12.4. The smallest absolute Gasteiger partial charge is 0.339 e. The average Bonchev–Trinajstić information content (AvgIpc) is 3.51. The van der Waals surface area contributed by atoms with Crippen LogP contribution in [0.3, 0.4) is 0 Å². The molecule has 1 N–H and O–H groups in total. The molecular weight excluding hydrogens is 330 g/mol. The lowest BCUT2D eigenvalue weighted by molar-refractivity contribution is -0.124. The third-order valence-electron chi connectivity index (χ3n) is 4.43. The molecule has 5 nitrogen and oxygen atoms in total. The first kappa shape index (κ1) is 18.0. The van der Waals surface area contributed by atoms with Crippen LogP contribution in [-0.2, 0) is 16.1 Å². The first-order valence-corrected chi connectivity index (χ1v) is 8.85. The molecule has 26 heavy (non-hydrogen) atoms. The van der Waals surface area contributed by atoms with Crippen molar-refractivity contribution in [3.05, 3.63) is 65.7 Å². The van der Waals surface area contributed by atoms with Crippen molar-refractivity contribution in [1.29, 1.82) is 0 Å². The van der Waals surface area contributed by atoms with Crippen molar-refractivity contribution in [1.82, 2.24) is 5.32 Å². The number of hydrogen-bond acceptors (Lipinski definition) is 4. The number of benzene rings is 2. The van der Waals surface area contributed by atoms with Crippen LogP contribution in [0.4, 0.5) is 0 Å². The molecule has 0 heterocycles. The van der Waals surface area contributed by atoms with Crippen LogP contribution in [0.2, 0.25) is 0 Å². The summed E-state index contributed by atoms with van der Waals surface area (Å²) < 4.78 is 10.9. The van der Waals surface area contributed by atoms with E-state index in [0.29, 0.717) is 17.0 Å². The van der Waals surface area contributed by atoms with Gasteiger partial charge >= 0.3 is 5.97 Å². The molecule has 1 amide bonds. The van der Waals surface area contributed by atoms with Gasteiger partial charge in [0.2, 0.25) is 0 Å². The van der Waals surface area contributed by atoms with Crippen LogP contribution < -0.4 is 10.1 Å². The largest absolute Gasteiger partial charge is 0.489 e. The Hall–Kier alpha value is -2.82. The molecule has 0 radical (unpaired) electrons. The second kappa shape index (κ2) is 8.52. The molecule has 3 rings (SSSR count). The highest BCUT2D eigenvalue weighted by Gasteiger charge is 2.29. The number of nitrogens with one attached hydrogen (secondary N) is 1. The van der Waals surface area contributed by atoms with Gasteiger partial charge in [-0.3, -0.25) is 4.79 Å². The van der Waals surface area contributed by atoms with Crippen molar-refractivity contribution in [3.63, 3.8) is 0 Å². The molecule has 2 aromatic rings. The zero-order valence-electron chi connectivity index (χ0n) is 14.8. The summed E-state index contributed by atoms with van der Waals surface area (Å²) in [7, 11) is 0. The number of esters is 1. The second-order valence-corrected chi connectivity index (χ2v) is 6.53. The van der Waals surface area contributed by atoms with E-state index in [0.717, 1.165) is 18.6 Å². The van der Waals surface area contributed by atoms with Gasteiger partial charge in [-0.2, -0.15) is 0 Å². The summed E-state index contributed by atoms with van der Waals surface area (Å²) in [6, 6.07) is 16.6. The fourth-order valence-electron chi connectivity index (χ4n) is 2.74. The molecule has 0 aliphatic heterocycles. The Balaban J connectivity index is 1.54. The minimum absolute atomic E-state index is 0.132. The predicted molar refractivity (Wildman–Crippen MR) is 97.8 cm³/mol. The van der Waals surface area contributed by atoms with Crippen LogP contribution >= 0.6 is 0 Å². The third-order valence-corrected chi connectivity index (χ3v) is 4.43. The molecule has 136 valence electrons. The van der Waals surface area contributed by atoms with E-state index in [9.17, 15) is 9.59 Å². The van der Waals surface area contributed by atoms with Crippen molar-refractivity contribution in [2.45, 2.75) is 32.4 Å². The SMILES string of the molecule is C[C@@H](NC(=O)COC(=O)c1ccccc1COc1ccccc1)C1CC1. The van der Waals surface area contributed by atoms with Gasteiger partial charge in [0.15, 0.2) is 6.61 Å². The van der Waals surface area contributed by atoms with Crippen molar-refractivity contribution in [2.75, 3.05) is 6.61 Å². The zero-order chi connectivity index (χ0) is 18.4. The molecule has 5 heteroatoms. The van der Waals surface area contributed by atoms with E-state index in [4.69, 9.17) is 9.47 Å². The maximum Gasteiger partial charge on any atom is 0.339 e. The molecule has 0 saturated heterocycles. The number of rotatable bonds is 8. The maximum absolute atomic E-state index is 12.4. The molecule has 1 aliphatic carbocycles. The first-order chi connectivity index (χ1) is 12.6. The molecular formula is C21H23NO4. The van der Waals surface area contributed by atoms with Crippen LogP contribution in [0.5, 0.6) is 5.75 Å². The minimum Gasteiger partial charge on any atom is -0.489 e. The summed E-state index contributed by atoms with van der Waals surface area (Å²) in [6.07, 6.45) is 2.30. The molecule has 0 unspecified atom stereocenters. The Kier molecular flexibility index (Phi) is 5.89. The Morgan fingerprint density at radius 1 is 1.08 bits per heavy atom. The van der Waals surface area contributed by atoms with Crippen LogP contribution in [0.25, 0.3) is 0 Å². The fraction of sp³-hybridized carbons (Fsp3) is 0.333. The topological polar surface area (TPSA) is 64.6 Å². The highest BCUT2D eigenvalue weighted by atomic mass is 16.5. The number of hydrogen-bond donors (Lipinski definition) is 1. The summed E-state index contributed by atoms with van der Waals surface area (Å²) in [4.78, 5) is 24.3. The van der Waals surface area contributed by atoms with E-state index in [1.54, 1.807) is 12.1 Å². The van der Waals surface area contributed by atoms with Crippen molar-refractivity contribution in [2.24, 2.45) is 5.92 Å². The van der Waals surface area contributed by atoms with Crippen molar-refractivity contribution in [3.8, 4) is 5.75 Å². The highest BCUT2D eigenvalue weighted by molar-refractivity contribution is 5.92. The number of carbonyl (C=O) groups excluding carboxylic acids is 2. The lowest BCUT2D eigenvalue weighted by Crippen LogP contribution is -2.37. The zero-order valence-corrected chi connectivity index (χ0v) is 14.8. The summed E-state index contributed by atoms with van der Waals surface area (Å²) in [6.45, 7) is 1.96. The van der Waals surface area contributed by atoms with E-state index in [2.05, 4.69) is 5.32 Å². The molecule has 1 atom stereocenters. The monoisotopic (exact) mass is 353 g/mol. The third kappa shape index (κ3) is 5.09. The van der Waals surface area contributed by atoms with Gasteiger partial charge in [-0.05, 0) is 43.9 Å². The van der Waals surface area contributed by atoms with Gasteiger partial charge in [0, 0.05) is 11.6 Å². The van der Waals surface area contributed by atoms with Crippen LogP contribution in [-0.4, -0.2) is 24.5 Å². The Morgan fingerprint density at radius 3 is 2.50 bits per heavy atom. The average molecular weight is 353 g/mol. The summed E-state index contributed by atoms with van der Waals surface area (Å²) in [5, 5.41) is 2.87. The molecule has 2 aromatic carbocycles. The number of amides is 1. The molecule has 1 fully saturated rings. The van der Waals surface area contributed by atoms with E-state index < -0.39 is 5.97 Å². The van der Waals surface area contributed by atoms with E-state index >= 15 is 0 Å². The van der Waals surface area contributed by atoms with Gasteiger partial charge in [-0.25, -0.2) is 4.79 Å². The van der Waals surface area contributed by atoms with Gasteiger partial charge in [0.25, 0.3) is 5.91 Å². The highest BCUT2D eigenvalue weighted by Crippen LogP contribution is 2.32. The standard InChI is InChI=1S/C21H23NO4/c1-15(16-11-12-16)22-20(23)14-26-21(24)19-10-6-5-7-17(19)13-25-18-8-3-2-4-9-18/h2-10,15-16H,11-14H2,1H3,(H,22,23)/t15-/m1/s1. The van der Waals surface area contributed by atoms with Crippen molar-refractivity contribution >= 4 is 11.9 Å². The normalized spacial score (nSPS) is 14.3. The molecule has 1 aliphatic rings. The molecule has 0 spiro atoms. The lowest BCUT2D eigenvalue weighted by atomic mass is 10.1. The second-order valence-electron chi connectivity index (χ2n) is 6.53. The van der Waals surface area contributed by atoms with E-state index in [-0.39, 0.29) is 25.2 Å². The minimum atomic E-state index is -0.522. The summed E-state index contributed by atoms with van der Waals surface area (Å²) in [5.41, 5.74) is 1.12. The van der Waals surface area contributed by atoms with Gasteiger partial charge in [-0.1, -0.05) is 36.4 Å². The molecule has 0 bridgehead atoms.